The van der Waals surface area contributed by atoms with E-state index in [0.717, 1.165) is 0 Å². The van der Waals surface area contributed by atoms with E-state index in [1.807, 2.05) is 0 Å². The molecule has 3 nitrogen and oxygen atoms in total. The van der Waals surface area contributed by atoms with Crippen molar-refractivity contribution in [3.8, 4) is 0 Å². The Morgan fingerprint density at radius 1 is 1.05 bits per heavy atom. The Bertz CT molecular complexity index is 520. The zero-order valence-corrected chi connectivity index (χ0v) is 10.7. The third-order valence-corrected chi connectivity index (χ3v) is 3.14. The van der Waals surface area contributed by atoms with Crippen molar-refractivity contribution >= 4 is 5.97 Å². The molecule has 0 saturated carbocycles. The topological polar surface area (TPSA) is 49.3 Å². The second-order valence-corrected chi connectivity index (χ2v) is 4.39. The molecule has 0 aliphatic carbocycles. The SMILES string of the molecule is CCC(C)(NCc1c(F)c(F)c(F)c(F)c1F)C(=O)O. The van der Waals surface area contributed by atoms with E-state index in [-0.39, 0.29) is 6.42 Å². The number of hydrogen-bond acceptors (Lipinski definition) is 2. The molecule has 0 fully saturated rings. The van der Waals surface area contributed by atoms with Gasteiger partial charge in [-0.3, -0.25) is 10.1 Å². The van der Waals surface area contributed by atoms with Crippen molar-refractivity contribution in [1.29, 1.82) is 0 Å². The Kier molecular flexibility index (Phi) is 4.69. The standard InChI is InChI=1S/C12H12F5NO2/c1-3-12(2,11(19)20)18-4-5-6(13)8(15)10(17)9(16)7(5)14/h18H,3-4H2,1-2H3,(H,19,20). The molecule has 0 aliphatic rings. The van der Waals surface area contributed by atoms with Gasteiger partial charge in [0.25, 0.3) is 0 Å². The summed E-state index contributed by atoms with van der Waals surface area (Å²) in [5.74, 6) is -11.6. The van der Waals surface area contributed by atoms with Crippen molar-refractivity contribution in [2.24, 2.45) is 0 Å². The molecule has 1 aromatic rings. The Labute approximate surface area is 111 Å². The molecular formula is C12H12F5NO2. The maximum Gasteiger partial charge on any atom is 0.323 e. The maximum absolute atomic E-state index is 13.4. The minimum atomic E-state index is -2.25. The van der Waals surface area contributed by atoms with Crippen LogP contribution in [0, 0.1) is 29.1 Å². The van der Waals surface area contributed by atoms with Crippen LogP contribution in [-0.4, -0.2) is 16.6 Å². The number of benzene rings is 1. The smallest absolute Gasteiger partial charge is 0.323 e. The predicted molar refractivity (Wildman–Crippen MR) is 59.4 cm³/mol. The van der Waals surface area contributed by atoms with Gasteiger partial charge in [0.05, 0.1) is 0 Å². The van der Waals surface area contributed by atoms with E-state index in [0.29, 0.717) is 0 Å². The molecule has 0 spiro atoms. The van der Waals surface area contributed by atoms with Crippen LogP contribution in [0.25, 0.3) is 0 Å². The van der Waals surface area contributed by atoms with Crippen LogP contribution in [0.3, 0.4) is 0 Å². The van der Waals surface area contributed by atoms with E-state index in [4.69, 9.17) is 5.11 Å². The fourth-order valence-corrected chi connectivity index (χ4v) is 1.44. The third-order valence-electron chi connectivity index (χ3n) is 3.14. The largest absolute Gasteiger partial charge is 0.480 e. The van der Waals surface area contributed by atoms with Crippen LogP contribution in [0.2, 0.25) is 0 Å². The second kappa shape index (κ2) is 5.74. The highest BCUT2D eigenvalue weighted by Crippen LogP contribution is 2.23. The van der Waals surface area contributed by atoms with Crippen molar-refractivity contribution in [2.45, 2.75) is 32.4 Å². The summed E-state index contributed by atoms with van der Waals surface area (Å²) in [6.07, 6.45) is 0.0533. The number of nitrogens with one attached hydrogen (secondary N) is 1. The molecule has 0 aliphatic heterocycles. The van der Waals surface area contributed by atoms with E-state index in [1.54, 1.807) is 0 Å². The molecule has 2 N–H and O–H groups in total. The lowest BCUT2D eigenvalue weighted by atomic mass is 9.98. The van der Waals surface area contributed by atoms with Gasteiger partial charge >= 0.3 is 5.97 Å². The van der Waals surface area contributed by atoms with Gasteiger partial charge in [-0.15, -0.1) is 0 Å². The average molecular weight is 297 g/mol. The lowest BCUT2D eigenvalue weighted by molar-refractivity contribution is -0.144. The van der Waals surface area contributed by atoms with Gasteiger partial charge in [0.1, 0.15) is 5.54 Å². The quantitative estimate of drug-likeness (QED) is 0.499. The molecule has 20 heavy (non-hydrogen) atoms. The summed E-state index contributed by atoms with van der Waals surface area (Å²) in [5, 5.41) is 11.2. The van der Waals surface area contributed by atoms with Gasteiger partial charge in [0, 0.05) is 12.1 Å². The molecule has 0 saturated heterocycles. The first kappa shape index (κ1) is 16.4. The van der Waals surface area contributed by atoms with Crippen molar-refractivity contribution < 1.29 is 31.9 Å². The number of carbonyl (C=O) groups is 1. The number of hydrogen-bond donors (Lipinski definition) is 2. The third kappa shape index (κ3) is 2.74. The minimum Gasteiger partial charge on any atom is -0.480 e. The van der Waals surface area contributed by atoms with Crippen LogP contribution in [-0.2, 0) is 11.3 Å². The number of carboxylic acid groups (broad SMARTS) is 1. The number of carboxylic acids is 1. The van der Waals surface area contributed by atoms with E-state index in [2.05, 4.69) is 5.32 Å². The predicted octanol–water partition coefficient (Wildman–Crippen LogP) is 2.73. The lowest BCUT2D eigenvalue weighted by Gasteiger charge is -2.25. The highest BCUT2D eigenvalue weighted by atomic mass is 19.2. The highest BCUT2D eigenvalue weighted by molar-refractivity contribution is 5.78. The Morgan fingerprint density at radius 3 is 1.80 bits per heavy atom. The summed E-state index contributed by atoms with van der Waals surface area (Å²) >= 11 is 0. The van der Waals surface area contributed by atoms with E-state index < -0.39 is 52.7 Å². The second-order valence-electron chi connectivity index (χ2n) is 4.39. The van der Waals surface area contributed by atoms with Gasteiger partial charge in [-0.05, 0) is 13.3 Å². The monoisotopic (exact) mass is 297 g/mol. The van der Waals surface area contributed by atoms with E-state index in [9.17, 15) is 26.7 Å². The van der Waals surface area contributed by atoms with Crippen LogP contribution < -0.4 is 5.32 Å². The Morgan fingerprint density at radius 2 is 1.45 bits per heavy atom. The lowest BCUT2D eigenvalue weighted by Crippen LogP contribution is -2.48. The van der Waals surface area contributed by atoms with Gasteiger partial charge in [-0.25, -0.2) is 22.0 Å². The zero-order chi connectivity index (χ0) is 15.7. The molecule has 0 bridgehead atoms. The molecule has 0 heterocycles. The average Bonchev–Trinajstić information content (AvgIpc) is 2.42. The molecule has 1 atom stereocenters. The molecule has 1 aromatic carbocycles. The molecule has 8 heteroatoms. The van der Waals surface area contributed by atoms with Gasteiger partial charge in [-0.1, -0.05) is 6.92 Å². The van der Waals surface area contributed by atoms with Gasteiger partial charge in [0.2, 0.25) is 5.82 Å². The highest BCUT2D eigenvalue weighted by Gasteiger charge is 2.32. The summed E-state index contributed by atoms with van der Waals surface area (Å²) in [7, 11) is 0. The van der Waals surface area contributed by atoms with Crippen LogP contribution in [0.1, 0.15) is 25.8 Å². The maximum atomic E-state index is 13.4. The number of aliphatic carboxylic acids is 1. The first-order chi connectivity index (χ1) is 9.15. The number of rotatable bonds is 5. The van der Waals surface area contributed by atoms with E-state index >= 15 is 0 Å². The Balaban J connectivity index is 3.15. The molecule has 1 unspecified atom stereocenters. The first-order valence-corrected chi connectivity index (χ1v) is 5.64. The molecule has 1 rings (SSSR count). The number of halogens is 5. The fraction of sp³-hybridized carbons (Fsp3) is 0.417. The molecular weight excluding hydrogens is 285 g/mol. The normalized spacial score (nSPS) is 14.2. The summed E-state index contributed by atoms with van der Waals surface area (Å²) in [5.41, 5.74) is -2.64. The van der Waals surface area contributed by atoms with Crippen LogP contribution in [0.15, 0.2) is 0 Å². The summed E-state index contributed by atoms with van der Waals surface area (Å²) in [6, 6.07) is 0. The van der Waals surface area contributed by atoms with Gasteiger partial charge < -0.3 is 5.11 Å². The fourth-order valence-electron chi connectivity index (χ4n) is 1.44. The molecule has 112 valence electrons. The minimum absolute atomic E-state index is 0.0533. The summed E-state index contributed by atoms with van der Waals surface area (Å²) in [4.78, 5) is 11.0. The zero-order valence-electron chi connectivity index (χ0n) is 10.7. The van der Waals surface area contributed by atoms with Crippen LogP contribution >= 0.6 is 0 Å². The van der Waals surface area contributed by atoms with Gasteiger partial charge in [0.15, 0.2) is 23.3 Å². The van der Waals surface area contributed by atoms with Crippen molar-refractivity contribution in [3.05, 3.63) is 34.6 Å². The summed E-state index contributed by atoms with van der Waals surface area (Å²) < 4.78 is 65.5. The summed E-state index contributed by atoms with van der Waals surface area (Å²) in [6.45, 7) is 1.93. The molecule has 0 aromatic heterocycles. The first-order valence-electron chi connectivity index (χ1n) is 5.64. The van der Waals surface area contributed by atoms with E-state index in [1.165, 1.54) is 13.8 Å². The van der Waals surface area contributed by atoms with Gasteiger partial charge in [-0.2, -0.15) is 0 Å². The van der Waals surface area contributed by atoms with Crippen LogP contribution in [0.5, 0.6) is 0 Å². The van der Waals surface area contributed by atoms with Crippen LogP contribution in [0.4, 0.5) is 22.0 Å². The van der Waals surface area contributed by atoms with Crippen molar-refractivity contribution in [2.75, 3.05) is 0 Å². The Hall–Kier alpha value is -1.70. The molecule has 0 radical (unpaired) electrons. The molecule has 0 amide bonds. The van der Waals surface area contributed by atoms with Crippen molar-refractivity contribution in [3.63, 3.8) is 0 Å². The van der Waals surface area contributed by atoms with Crippen molar-refractivity contribution in [1.82, 2.24) is 5.32 Å².